The molecule has 0 atom stereocenters. The highest BCUT2D eigenvalue weighted by Gasteiger charge is 2.31. The van der Waals surface area contributed by atoms with Crippen molar-refractivity contribution in [2.45, 2.75) is 49.6 Å². The van der Waals surface area contributed by atoms with Crippen LogP contribution in [0.3, 0.4) is 0 Å². The number of amides is 1. The average molecular weight is 471 g/mol. The maximum absolute atomic E-state index is 13.3. The van der Waals surface area contributed by atoms with E-state index in [1.165, 1.54) is 16.4 Å². The first-order valence-electron chi connectivity index (χ1n) is 10.9. The molecule has 174 valence electrons. The summed E-state index contributed by atoms with van der Waals surface area (Å²) < 4.78 is 33.9. The van der Waals surface area contributed by atoms with Crippen molar-refractivity contribution >= 4 is 21.6 Å². The highest BCUT2D eigenvalue weighted by molar-refractivity contribution is 7.89. The number of aromatic nitrogens is 2. The molecule has 0 saturated heterocycles. The maximum atomic E-state index is 13.3. The van der Waals surface area contributed by atoms with Gasteiger partial charge in [0.25, 0.3) is 0 Å². The van der Waals surface area contributed by atoms with Crippen molar-refractivity contribution in [1.82, 2.24) is 14.0 Å². The first-order valence-corrected chi connectivity index (χ1v) is 12.3. The topological polar surface area (TPSA) is 115 Å². The second-order valence-electron chi connectivity index (χ2n) is 8.08. The van der Waals surface area contributed by atoms with Gasteiger partial charge in [0.1, 0.15) is 11.4 Å². The Hall–Kier alpha value is -3.24. The standard InChI is InChI=1S/C23H26N4O5S/c1-26(18-12-6-3-7-13-18)33(30,31)20-15-9-8-14-19(20)24-21(28)16-27-22(25-32-23(27)29)17-10-4-2-5-11-17/h2,4-5,8-11,14-15,18H,3,6-7,12-13,16H2,1H3,(H,24,28). The SMILES string of the molecule is CN(C1CCCCC1)S(=O)(=O)c1ccccc1NC(=O)Cn1c(-c2ccccc2)noc1=O. The number of carbonyl (C=O) groups excluding carboxylic acids is 1. The summed E-state index contributed by atoms with van der Waals surface area (Å²) in [7, 11) is -2.23. The molecule has 0 unspecified atom stereocenters. The Bertz CT molecular complexity index is 1280. The van der Waals surface area contributed by atoms with E-state index in [1.54, 1.807) is 43.4 Å². The largest absolute Gasteiger partial charge is 0.442 e. The predicted molar refractivity (Wildman–Crippen MR) is 123 cm³/mol. The van der Waals surface area contributed by atoms with Crippen molar-refractivity contribution in [3.05, 3.63) is 65.1 Å². The molecule has 0 spiro atoms. The van der Waals surface area contributed by atoms with Crippen molar-refractivity contribution < 1.29 is 17.7 Å². The van der Waals surface area contributed by atoms with Crippen LogP contribution in [0, 0.1) is 0 Å². The molecule has 0 bridgehead atoms. The highest BCUT2D eigenvalue weighted by Crippen LogP contribution is 2.29. The molecule has 9 nitrogen and oxygen atoms in total. The van der Waals surface area contributed by atoms with Crippen molar-refractivity contribution in [2.24, 2.45) is 0 Å². The molecule has 1 fully saturated rings. The lowest BCUT2D eigenvalue weighted by Crippen LogP contribution is -2.38. The minimum absolute atomic E-state index is 0.0207. The third kappa shape index (κ3) is 4.91. The molecule has 1 aromatic heterocycles. The van der Waals surface area contributed by atoms with Crippen molar-refractivity contribution in [1.29, 1.82) is 0 Å². The summed E-state index contributed by atoms with van der Waals surface area (Å²) in [5.41, 5.74) is 0.782. The molecule has 3 aromatic rings. The Kier molecular flexibility index (Phi) is 6.75. The summed E-state index contributed by atoms with van der Waals surface area (Å²) in [6, 6.07) is 15.1. The molecule has 0 aliphatic heterocycles. The summed E-state index contributed by atoms with van der Waals surface area (Å²) in [5.74, 6) is -1.13. The van der Waals surface area contributed by atoms with Crippen molar-refractivity contribution in [2.75, 3.05) is 12.4 Å². The first kappa shape index (κ1) is 22.9. The van der Waals surface area contributed by atoms with E-state index < -0.39 is 21.7 Å². The second-order valence-corrected chi connectivity index (χ2v) is 10.0. The van der Waals surface area contributed by atoms with Crippen LogP contribution in [0.15, 0.2) is 68.8 Å². The van der Waals surface area contributed by atoms with Crippen LogP contribution in [0.2, 0.25) is 0 Å². The number of anilines is 1. The molecule has 33 heavy (non-hydrogen) atoms. The van der Waals surface area contributed by atoms with Gasteiger partial charge in [-0.1, -0.05) is 66.9 Å². The normalized spacial score (nSPS) is 15.0. The van der Waals surface area contributed by atoms with E-state index in [0.717, 1.165) is 36.7 Å². The molecule has 1 saturated carbocycles. The van der Waals surface area contributed by atoms with Gasteiger partial charge in [-0.15, -0.1) is 0 Å². The van der Waals surface area contributed by atoms with Gasteiger partial charge in [-0.25, -0.2) is 17.8 Å². The molecule has 4 rings (SSSR count). The van der Waals surface area contributed by atoms with Gasteiger partial charge < -0.3 is 5.32 Å². The predicted octanol–water partition coefficient (Wildman–Crippen LogP) is 3.10. The molecule has 0 radical (unpaired) electrons. The van der Waals surface area contributed by atoms with Crippen LogP contribution in [-0.2, 0) is 21.4 Å². The zero-order valence-electron chi connectivity index (χ0n) is 18.3. The van der Waals surface area contributed by atoms with E-state index in [2.05, 4.69) is 10.5 Å². The maximum Gasteiger partial charge on any atom is 0.442 e. The van der Waals surface area contributed by atoms with Crippen LogP contribution in [0.5, 0.6) is 0 Å². The third-order valence-corrected chi connectivity index (χ3v) is 7.90. The van der Waals surface area contributed by atoms with Gasteiger partial charge in [-0.3, -0.25) is 9.32 Å². The van der Waals surface area contributed by atoms with Gasteiger partial charge in [-0.05, 0) is 25.0 Å². The van der Waals surface area contributed by atoms with Crippen LogP contribution in [0.4, 0.5) is 5.69 Å². The molecule has 10 heteroatoms. The van der Waals surface area contributed by atoms with Crippen molar-refractivity contribution in [3.63, 3.8) is 0 Å². The minimum atomic E-state index is -3.82. The molecule has 2 aromatic carbocycles. The van der Waals surface area contributed by atoms with E-state index in [-0.39, 0.29) is 29.0 Å². The number of nitrogens with zero attached hydrogens (tertiary/aromatic N) is 3. The monoisotopic (exact) mass is 470 g/mol. The van der Waals surface area contributed by atoms with Gasteiger partial charge in [-0.2, -0.15) is 4.31 Å². The number of benzene rings is 2. The van der Waals surface area contributed by atoms with E-state index >= 15 is 0 Å². The number of hydrogen-bond donors (Lipinski definition) is 1. The summed E-state index contributed by atoms with van der Waals surface area (Å²) >= 11 is 0. The lowest BCUT2D eigenvalue weighted by Gasteiger charge is -2.30. The number of hydrogen-bond acceptors (Lipinski definition) is 6. The first-order chi connectivity index (χ1) is 15.9. The lowest BCUT2D eigenvalue weighted by atomic mass is 9.96. The van der Waals surface area contributed by atoms with Gasteiger partial charge in [0.15, 0.2) is 5.82 Å². The number of para-hydroxylation sites is 1. The van der Waals surface area contributed by atoms with E-state index in [0.29, 0.717) is 5.56 Å². The summed E-state index contributed by atoms with van der Waals surface area (Å²) in [6.07, 6.45) is 4.76. The molecule has 1 amide bonds. The Morgan fingerprint density at radius 2 is 1.76 bits per heavy atom. The number of nitrogens with one attached hydrogen (secondary N) is 1. The zero-order valence-corrected chi connectivity index (χ0v) is 19.1. The molecule has 1 aliphatic carbocycles. The van der Waals surface area contributed by atoms with Crippen LogP contribution in [-0.4, -0.2) is 41.4 Å². The Balaban J connectivity index is 1.56. The van der Waals surface area contributed by atoms with Gasteiger partial charge in [0, 0.05) is 18.7 Å². The summed E-state index contributed by atoms with van der Waals surface area (Å²) in [4.78, 5) is 25.0. The second kappa shape index (κ2) is 9.72. The fourth-order valence-corrected chi connectivity index (χ4v) is 5.69. The Morgan fingerprint density at radius 3 is 2.48 bits per heavy atom. The third-order valence-electron chi connectivity index (χ3n) is 5.93. The Morgan fingerprint density at radius 1 is 1.09 bits per heavy atom. The quantitative estimate of drug-likeness (QED) is 0.568. The van der Waals surface area contributed by atoms with E-state index in [9.17, 15) is 18.0 Å². The Labute approximate surface area is 192 Å². The van der Waals surface area contributed by atoms with E-state index in [1.807, 2.05) is 6.07 Å². The molecular weight excluding hydrogens is 444 g/mol. The summed E-state index contributed by atoms with van der Waals surface area (Å²) in [5, 5.41) is 6.42. The average Bonchev–Trinajstić information content (AvgIpc) is 3.19. The number of carbonyl (C=O) groups is 1. The smallest absolute Gasteiger partial charge is 0.323 e. The molecule has 1 heterocycles. The fraction of sp³-hybridized carbons (Fsp3) is 0.348. The minimum Gasteiger partial charge on any atom is -0.323 e. The number of rotatable bonds is 7. The van der Waals surface area contributed by atoms with Crippen LogP contribution in [0.25, 0.3) is 11.4 Å². The highest BCUT2D eigenvalue weighted by atomic mass is 32.2. The molecule has 1 aliphatic rings. The van der Waals surface area contributed by atoms with E-state index in [4.69, 9.17) is 4.52 Å². The summed E-state index contributed by atoms with van der Waals surface area (Å²) in [6.45, 7) is -0.376. The van der Waals surface area contributed by atoms with Gasteiger partial charge in [0.2, 0.25) is 15.9 Å². The fourth-order valence-electron chi connectivity index (χ4n) is 4.13. The van der Waals surface area contributed by atoms with Crippen molar-refractivity contribution in [3.8, 4) is 11.4 Å². The van der Waals surface area contributed by atoms with Crippen LogP contribution in [0.1, 0.15) is 32.1 Å². The van der Waals surface area contributed by atoms with Gasteiger partial charge in [0.05, 0.1) is 5.69 Å². The zero-order chi connectivity index (χ0) is 23.4. The molecular formula is C23H26N4O5S. The van der Waals surface area contributed by atoms with Crippen LogP contribution >= 0.6 is 0 Å². The van der Waals surface area contributed by atoms with Crippen LogP contribution < -0.4 is 11.1 Å². The van der Waals surface area contributed by atoms with Gasteiger partial charge >= 0.3 is 5.76 Å². The lowest BCUT2D eigenvalue weighted by molar-refractivity contribution is -0.116. The molecule has 1 N–H and O–H groups in total. The number of sulfonamides is 1.